The first-order valence-corrected chi connectivity index (χ1v) is 8.22. The van der Waals surface area contributed by atoms with Crippen molar-refractivity contribution in [2.24, 2.45) is 0 Å². The van der Waals surface area contributed by atoms with E-state index >= 15 is 0 Å². The number of rotatable bonds is 5. The second-order valence-corrected chi connectivity index (χ2v) is 5.99. The highest BCUT2D eigenvalue weighted by atomic mass is 19.1. The fraction of sp³-hybridized carbons (Fsp3) is 0.105. The number of nitrogens with one attached hydrogen (secondary N) is 1. The summed E-state index contributed by atoms with van der Waals surface area (Å²) < 4.78 is 14.9. The number of nitro groups is 1. The number of aryl methyl sites for hydroxylation is 1. The molecule has 1 amide bonds. The van der Waals surface area contributed by atoms with Gasteiger partial charge in [0.25, 0.3) is 11.2 Å². The number of nitrogens with zero attached hydrogens (tertiary/aromatic N) is 3. The molecule has 1 N–H and O–H groups in total. The van der Waals surface area contributed by atoms with Crippen molar-refractivity contribution < 1.29 is 14.1 Å². The topological polar surface area (TPSA) is 107 Å². The first-order chi connectivity index (χ1) is 13.4. The molecular weight excluding hydrogens is 367 g/mol. The summed E-state index contributed by atoms with van der Waals surface area (Å²) in [5, 5.41) is 13.6. The molecule has 8 nitrogen and oxygen atoms in total. The van der Waals surface area contributed by atoms with Gasteiger partial charge in [-0.25, -0.2) is 9.37 Å². The summed E-state index contributed by atoms with van der Waals surface area (Å²) >= 11 is 0. The van der Waals surface area contributed by atoms with Crippen LogP contribution in [0, 0.1) is 22.9 Å². The number of halogens is 1. The summed E-state index contributed by atoms with van der Waals surface area (Å²) in [6, 6.07) is 11.4. The largest absolute Gasteiger partial charge is 0.319 e. The molecule has 0 spiro atoms. The zero-order chi connectivity index (χ0) is 20.3. The molecule has 0 saturated heterocycles. The van der Waals surface area contributed by atoms with Gasteiger partial charge in [-0.3, -0.25) is 24.3 Å². The Kier molecular flexibility index (Phi) is 5.25. The molecule has 0 bridgehead atoms. The first-order valence-electron chi connectivity index (χ1n) is 8.22. The minimum atomic E-state index is -0.625. The lowest BCUT2D eigenvalue weighted by molar-refractivity contribution is -0.384. The van der Waals surface area contributed by atoms with Crippen LogP contribution >= 0.6 is 0 Å². The van der Waals surface area contributed by atoms with Crippen molar-refractivity contribution in [3.8, 4) is 11.3 Å². The smallest absolute Gasteiger partial charge is 0.293 e. The maximum Gasteiger partial charge on any atom is 0.293 e. The van der Waals surface area contributed by atoms with E-state index in [1.807, 2.05) is 0 Å². The fourth-order valence-electron chi connectivity index (χ4n) is 2.66. The van der Waals surface area contributed by atoms with Gasteiger partial charge in [-0.1, -0.05) is 24.3 Å². The molecule has 3 aromatic rings. The number of para-hydroxylation sites is 1. The Morgan fingerprint density at radius 3 is 2.68 bits per heavy atom. The summed E-state index contributed by atoms with van der Waals surface area (Å²) in [5.74, 6) is -1.14. The predicted molar refractivity (Wildman–Crippen MR) is 100 cm³/mol. The molecule has 0 atom stereocenters. The summed E-state index contributed by atoms with van der Waals surface area (Å²) in [4.78, 5) is 39.1. The lowest BCUT2D eigenvalue weighted by Gasteiger charge is -2.10. The highest BCUT2D eigenvalue weighted by molar-refractivity contribution is 5.93. The van der Waals surface area contributed by atoms with E-state index in [9.17, 15) is 24.1 Å². The molecule has 0 aliphatic carbocycles. The highest BCUT2D eigenvalue weighted by Gasteiger charge is 2.18. The van der Waals surface area contributed by atoms with E-state index in [1.165, 1.54) is 30.3 Å². The Morgan fingerprint density at radius 1 is 1.25 bits per heavy atom. The van der Waals surface area contributed by atoms with Crippen molar-refractivity contribution in [2.45, 2.75) is 13.5 Å². The second-order valence-electron chi connectivity index (χ2n) is 5.99. The molecule has 3 rings (SSSR count). The minimum Gasteiger partial charge on any atom is -0.319 e. The van der Waals surface area contributed by atoms with Gasteiger partial charge >= 0.3 is 0 Å². The third kappa shape index (κ3) is 3.93. The van der Waals surface area contributed by atoms with E-state index in [4.69, 9.17) is 0 Å². The van der Waals surface area contributed by atoms with E-state index in [0.717, 1.165) is 17.0 Å². The Labute approximate surface area is 158 Å². The van der Waals surface area contributed by atoms with E-state index in [2.05, 4.69) is 10.3 Å². The first kappa shape index (κ1) is 18.9. The van der Waals surface area contributed by atoms with Gasteiger partial charge in [0.15, 0.2) is 0 Å². The van der Waals surface area contributed by atoms with Gasteiger partial charge in [-0.2, -0.15) is 0 Å². The third-order valence-corrected chi connectivity index (χ3v) is 4.06. The van der Waals surface area contributed by atoms with Gasteiger partial charge in [0.05, 0.1) is 16.9 Å². The number of aromatic nitrogens is 2. The Hall–Kier alpha value is -3.88. The monoisotopic (exact) mass is 382 g/mol. The van der Waals surface area contributed by atoms with E-state index in [-0.39, 0.29) is 22.6 Å². The van der Waals surface area contributed by atoms with Crippen molar-refractivity contribution in [3.63, 3.8) is 0 Å². The van der Waals surface area contributed by atoms with Gasteiger partial charge in [-0.15, -0.1) is 0 Å². The van der Waals surface area contributed by atoms with Gasteiger partial charge in [0, 0.05) is 17.7 Å². The molecule has 1 heterocycles. The van der Waals surface area contributed by atoms with Crippen molar-refractivity contribution in [2.75, 3.05) is 5.32 Å². The average Bonchev–Trinajstić information content (AvgIpc) is 2.65. The van der Waals surface area contributed by atoms with Crippen LogP contribution in [0.3, 0.4) is 0 Å². The average molecular weight is 382 g/mol. The van der Waals surface area contributed by atoms with Crippen LogP contribution in [0.1, 0.15) is 5.56 Å². The van der Waals surface area contributed by atoms with Gasteiger partial charge in [0.1, 0.15) is 18.0 Å². The zero-order valence-corrected chi connectivity index (χ0v) is 14.8. The molecule has 0 fully saturated rings. The number of carbonyl (C=O) groups excluding carboxylic acids is 1. The van der Waals surface area contributed by atoms with E-state index in [1.54, 1.807) is 19.1 Å². The van der Waals surface area contributed by atoms with Gasteiger partial charge < -0.3 is 5.32 Å². The lowest BCUT2D eigenvalue weighted by Crippen LogP contribution is -2.28. The molecule has 0 aliphatic heterocycles. The number of hydrogen-bond donors (Lipinski definition) is 1. The summed E-state index contributed by atoms with van der Waals surface area (Å²) in [7, 11) is 0. The lowest BCUT2D eigenvalue weighted by atomic mass is 10.1. The quantitative estimate of drug-likeness (QED) is 0.539. The molecule has 0 radical (unpaired) electrons. The number of anilines is 1. The van der Waals surface area contributed by atoms with Crippen molar-refractivity contribution in [1.29, 1.82) is 0 Å². The fourth-order valence-corrected chi connectivity index (χ4v) is 2.66. The van der Waals surface area contributed by atoms with Crippen LogP contribution in [0.5, 0.6) is 0 Å². The van der Waals surface area contributed by atoms with Crippen LogP contribution in [0.15, 0.2) is 59.7 Å². The standard InChI is InChI=1S/C19H15FN4O4/c1-12-5-4-8-16(24(27)28)19(12)22-17(25)10-23-11-21-15(9-18(23)26)13-6-2-3-7-14(13)20/h2-9,11H,10H2,1H3,(H,22,25). The van der Waals surface area contributed by atoms with Gasteiger partial charge in [-0.05, 0) is 24.6 Å². The van der Waals surface area contributed by atoms with Crippen LogP contribution in [-0.2, 0) is 11.3 Å². The molecule has 142 valence electrons. The maximum absolute atomic E-state index is 13.8. The summed E-state index contributed by atoms with van der Waals surface area (Å²) in [5.41, 5.74) is 0.113. The molecular formula is C19H15FN4O4. The Bertz CT molecular complexity index is 1130. The predicted octanol–water partition coefficient (Wildman–Crippen LogP) is 2.90. The number of amides is 1. The highest BCUT2D eigenvalue weighted by Crippen LogP contribution is 2.27. The molecule has 0 aliphatic rings. The van der Waals surface area contributed by atoms with Crippen LogP contribution in [0.4, 0.5) is 15.8 Å². The van der Waals surface area contributed by atoms with E-state index in [0.29, 0.717) is 5.56 Å². The Morgan fingerprint density at radius 2 is 2.00 bits per heavy atom. The Balaban J connectivity index is 1.82. The van der Waals surface area contributed by atoms with Gasteiger partial charge in [0.2, 0.25) is 5.91 Å². The van der Waals surface area contributed by atoms with Crippen LogP contribution < -0.4 is 10.9 Å². The number of benzene rings is 2. The van der Waals surface area contributed by atoms with Crippen LogP contribution in [0.2, 0.25) is 0 Å². The SMILES string of the molecule is Cc1cccc([N+](=O)[O-])c1NC(=O)Cn1cnc(-c2ccccc2F)cc1=O. The minimum absolute atomic E-state index is 0.0708. The molecule has 1 aromatic heterocycles. The molecule has 0 saturated carbocycles. The maximum atomic E-state index is 13.8. The second kappa shape index (κ2) is 7.78. The molecule has 0 unspecified atom stereocenters. The molecule has 9 heteroatoms. The summed E-state index contributed by atoms with van der Waals surface area (Å²) in [6.07, 6.45) is 1.13. The third-order valence-electron chi connectivity index (χ3n) is 4.06. The zero-order valence-electron chi connectivity index (χ0n) is 14.8. The van der Waals surface area contributed by atoms with Crippen LogP contribution in [0.25, 0.3) is 11.3 Å². The number of hydrogen-bond acceptors (Lipinski definition) is 5. The van der Waals surface area contributed by atoms with Crippen LogP contribution in [-0.4, -0.2) is 20.4 Å². The van der Waals surface area contributed by atoms with Crippen molar-refractivity contribution in [1.82, 2.24) is 9.55 Å². The number of carbonyl (C=O) groups is 1. The van der Waals surface area contributed by atoms with E-state index < -0.39 is 28.8 Å². The summed E-state index contributed by atoms with van der Waals surface area (Å²) in [6.45, 7) is 1.23. The normalized spacial score (nSPS) is 10.5. The molecule has 2 aromatic carbocycles. The van der Waals surface area contributed by atoms with Crippen molar-refractivity contribution in [3.05, 3.63) is 86.7 Å². The molecule has 28 heavy (non-hydrogen) atoms. The van der Waals surface area contributed by atoms with Crippen molar-refractivity contribution >= 4 is 17.3 Å². The number of nitro benzene ring substituents is 1.